The van der Waals surface area contributed by atoms with E-state index in [1.165, 1.54) is 0 Å². The second-order valence-electron chi connectivity index (χ2n) is 4.17. The molecule has 0 aliphatic heterocycles. The summed E-state index contributed by atoms with van der Waals surface area (Å²) in [6.45, 7) is 0. The maximum atomic E-state index is 5.99. The Morgan fingerprint density at radius 1 is 0.895 bits per heavy atom. The first kappa shape index (κ1) is 12.0. The minimum absolute atomic E-state index is 0.430. The highest BCUT2D eigenvalue weighted by Gasteiger charge is 2.06. The van der Waals surface area contributed by atoms with Crippen molar-refractivity contribution in [2.75, 3.05) is 0 Å². The minimum Gasteiger partial charge on any atom is -0.456 e. The van der Waals surface area contributed by atoms with E-state index in [0.717, 1.165) is 28.0 Å². The van der Waals surface area contributed by atoms with E-state index < -0.39 is 0 Å². The lowest BCUT2D eigenvalue weighted by atomic mass is 10.2. The van der Waals surface area contributed by atoms with Gasteiger partial charge in [0.05, 0.1) is 11.4 Å². The molecule has 0 saturated carbocycles. The van der Waals surface area contributed by atoms with Crippen molar-refractivity contribution in [3.63, 3.8) is 0 Å². The van der Waals surface area contributed by atoms with Crippen LogP contribution in [0, 0.1) is 0 Å². The lowest BCUT2D eigenvalue weighted by Gasteiger charge is -2.11. The predicted molar refractivity (Wildman–Crippen MR) is 77.8 cm³/mol. The monoisotopic (exact) mass is 269 g/mol. The molecule has 0 radical (unpaired) electrons. The molecule has 3 heteroatoms. The normalized spacial score (nSPS) is 10.6. The van der Waals surface area contributed by atoms with Gasteiger partial charge in [-0.1, -0.05) is 24.3 Å². The van der Waals surface area contributed by atoms with Gasteiger partial charge in [-0.25, -0.2) is 0 Å². The Morgan fingerprint density at radius 2 is 1.74 bits per heavy atom. The number of pyridine rings is 1. The van der Waals surface area contributed by atoms with Gasteiger partial charge >= 0.3 is 0 Å². The molecular formula is C16H12ClNO. The van der Waals surface area contributed by atoms with Crippen LogP contribution in [0.1, 0.15) is 5.56 Å². The van der Waals surface area contributed by atoms with Crippen molar-refractivity contribution in [2.45, 2.75) is 5.88 Å². The van der Waals surface area contributed by atoms with Crippen molar-refractivity contribution < 1.29 is 4.74 Å². The van der Waals surface area contributed by atoms with Crippen molar-refractivity contribution in [3.05, 3.63) is 66.4 Å². The first-order valence-corrected chi connectivity index (χ1v) is 6.57. The van der Waals surface area contributed by atoms with Crippen molar-refractivity contribution in [2.24, 2.45) is 0 Å². The van der Waals surface area contributed by atoms with Crippen molar-refractivity contribution in [1.29, 1.82) is 0 Å². The maximum Gasteiger partial charge on any atom is 0.136 e. The number of hydrogen-bond donors (Lipinski definition) is 0. The molecule has 2 nitrogen and oxygen atoms in total. The number of alkyl halides is 1. The van der Waals surface area contributed by atoms with Crippen LogP contribution in [0.15, 0.2) is 60.8 Å². The Morgan fingerprint density at radius 3 is 2.63 bits per heavy atom. The van der Waals surface area contributed by atoms with Crippen LogP contribution in [0.2, 0.25) is 0 Å². The van der Waals surface area contributed by atoms with Crippen molar-refractivity contribution >= 4 is 22.5 Å². The third-order valence-electron chi connectivity index (χ3n) is 2.94. The number of hydrogen-bond acceptors (Lipinski definition) is 2. The number of nitrogens with zero attached hydrogens (tertiary/aromatic N) is 1. The van der Waals surface area contributed by atoms with Crippen molar-refractivity contribution in [3.8, 4) is 11.5 Å². The van der Waals surface area contributed by atoms with Gasteiger partial charge in [-0.15, -0.1) is 11.6 Å². The summed E-state index contributed by atoms with van der Waals surface area (Å²) < 4.78 is 5.99. The molecule has 0 bridgehead atoms. The Kier molecular flexibility index (Phi) is 3.34. The zero-order valence-electron chi connectivity index (χ0n) is 10.2. The van der Waals surface area contributed by atoms with Crippen LogP contribution in [-0.2, 0) is 5.88 Å². The molecular weight excluding hydrogens is 258 g/mol. The standard InChI is InChI=1S/C16H12ClNO/c17-11-12-5-1-2-8-15(12)19-16-9-3-7-14-13(16)6-4-10-18-14/h1-10H,11H2. The number of fused-ring (bicyclic) bond motifs is 1. The molecule has 3 aromatic rings. The van der Waals surface area contributed by atoms with Crippen molar-refractivity contribution in [1.82, 2.24) is 4.98 Å². The molecule has 0 amide bonds. The molecule has 3 rings (SSSR count). The summed E-state index contributed by atoms with van der Waals surface area (Å²) >= 11 is 5.92. The van der Waals surface area contributed by atoms with Crippen LogP contribution in [-0.4, -0.2) is 4.98 Å². The largest absolute Gasteiger partial charge is 0.456 e. The second kappa shape index (κ2) is 5.29. The van der Waals surface area contributed by atoms with Crippen LogP contribution in [0.5, 0.6) is 11.5 Å². The summed E-state index contributed by atoms with van der Waals surface area (Å²) in [4.78, 5) is 4.32. The predicted octanol–water partition coefficient (Wildman–Crippen LogP) is 4.77. The van der Waals surface area contributed by atoms with Gasteiger partial charge in [-0.2, -0.15) is 0 Å². The number of halogens is 1. The Labute approximate surface area is 116 Å². The first-order chi connectivity index (χ1) is 9.38. The summed E-state index contributed by atoms with van der Waals surface area (Å²) in [6, 6.07) is 17.5. The van der Waals surface area contributed by atoms with E-state index in [1.54, 1.807) is 6.20 Å². The topological polar surface area (TPSA) is 22.1 Å². The highest BCUT2D eigenvalue weighted by Crippen LogP contribution is 2.31. The second-order valence-corrected chi connectivity index (χ2v) is 4.44. The summed E-state index contributed by atoms with van der Waals surface area (Å²) in [5.74, 6) is 2.01. The van der Waals surface area contributed by atoms with Gasteiger partial charge in [0, 0.05) is 17.1 Å². The molecule has 1 heterocycles. The Hall–Kier alpha value is -2.06. The zero-order chi connectivity index (χ0) is 13.1. The fourth-order valence-corrected chi connectivity index (χ4v) is 2.22. The molecule has 0 fully saturated rings. The van der Waals surface area contributed by atoms with E-state index >= 15 is 0 Å². The van der Waals surface area contributed by atoms with Crippen LogP contribution >= 0.6 is 11.6 Å². The summed E-state index contributed by atoms with van der Waals surface area (Å²) in [7, 11) is 0. The molecule has 0 N–H and O–H groups in total. The number of ether oxygens (including phenoxy) is 1. The molecule has 1 aromatic heterocycles. The van der Waals surface area contributed by atoms with Crippen LogP contribution in [0.3, 0.4) is 0 Å². The number of benzene rings is 2. The number of aromatic nitrogens is 1. The SMILES string of the molecule is ClCc1ccccc1Oc1cccc2ncccc12. The lowest BCUT2D eigenvalue weighted by Crippen LogP contribution is -1.90. The lowest BCUT2D eigenvalue weighted by molar-refractivity contribution is 0.484. The number of para-hydroxylation sites is 1. The summed E-state index contributed by atoms with van der Waals surface area (Å²) in [5, 5.41) is 0.995. The van der Waals surface area contributed by atoms with Crippen LogP contribution in [0.4, 0.5) is 0 Å². The highest BCUT2D eigenvalue weighted by molar-refractivity contribution is 6.17. The molecule has 0 spiro atoms. The molecule has 19 heavy (non-hydrogen) atoms. The van der Waals surface area contributed by atoms with Gasteiger partial charge in [-0.3, -0.25) is 4.98 Å². The average Bonchev–Trinajstić information content (AvgIpc) is 2.48. The minimum atomic E-state index is 0.430. The van der Waals surface area contributed by atoms with Gasteiger partial charge in [0.2, 0.25) is 0 Å². The third-order valence-corrected chi connectivity index (χ3v) is 3.23. The van der Waals surface area contributed by atoms with Gasteiger partial charge in [-0.05, 0) is 30.3 Å². The van der Waals surface area contributed by atoms with Crippen LogP contribution in [0.25, 0.3) is 10.9 Å². The smallest absolute Gasteiger partial charge is 0.136 e. The van der Waals surface area contributed by atoms with Gasteiger partial charge in [0.15, 0.2) is 0 Å². The Bertz CT molecular complexity index is 706. The van der Waals surface area contributed by atoms with E-state index in [0.29, 0.717) is 5.88 Å². The van der Waals surface area contributed by atoms with E-state index in [4.69, 9.17) is 16.3 Å². The highest BCUT2D eigenvalue weighted by atomic mass is 35.5. The van der Waals surface area contributed by atoms with Crippen LogP contribution < -0.4 is 4.74 Å². The molecule has 0 atom stereocenters. The van der Waals surface area contributed by atoms with Gasteiger partial charge in [0.1, 0.15) is 11.5 Å². The molecule has 0 saturated heterocycles. The van der Waals surface area contributed by atoms with E-state index in [9.17, 15) is 0 Å². The van der Waals surface area contributed by atoms with Gasteiger partial charge < -0.3 is 4.74 Å². The average molecular weight is 270 g/mol. The Balaban J connectivity index is 2.06. The molecule has 2 aromatic carbocycles. The fraction of sp³-hybridized carbons (Fsp3) is 0.0625. The zero-order valence-corrected chi connectivity index (χ0v) is 11.0. The summed E-state index contributed by atoms with van der Waals surface area (Å²) in [6.07, 6.45) is 1.78. The maximum absolute atomic E-state index is 5.99. The van der Waals surface area contributed by atoms with Gasteiger partial charge in [0.25, 0.3) is 0 Å². The number of rotatable bonds is 3. The third kappa shape index (κ3) is 2.40. The molecule has 0 aliphatic carbocycles. The molecule has 0 aliphatic rings. The molecule has 94 valence electrons. The fourth-order valence-electron chi connectivity index (χ4n) is 2.00. The summed E-state index contributed by atoms with van der Waals surface area (Å²) in [5.41, 5.74) is 1.90. The first-order valence-electron chi connectivity index (χ1n) is 6.04. The van der Waals surface area contributed by atoms with E-state index in [1.807, 2.05) is 54.6 Å². The quantitative estimate of drug-likeness (QED) is 0.639. The van der Waals surface area contributed by atoms with E-state index in [2.05, 4.69) is 4.98 Å². The van der Waals surface area contributed by atoms with E-state index in [-0.39, 0.29) is 0 Å². The molecule has 0 unspecified atom stereocenters.